The Labute approximate surface area is 94.1 Å². The van der Waals surface area contributed by atoms with Crippen molar-refractivity contribution in [3.63, 3.8) is 0 Å². The van der Waals surface area contributed by atoms with E-state index in [-0.39, 0.29) is 11.6 Å². The lowest BCUT2D eigenvalue weighted by molar-refractivity contribution is -0.0444. The number of aliphatic hydroxyl groups is 1. The maximum atomic E-state index is 9.96. The summed E-state index contributed by atoms with van der Waals surface area (Å²) in [4.78, 5) is 4.65. The van der Waals surface area contributed by atoms with Gasteiger partial charge >= 0.3 is 0 Å². The lowest BCUT2D eigenvalue weighted by Crippen LogP contribution is -2.56. The summed E-state index contributed by atoms with van der Waals surface area (Å²) in [7, 11) is 4.21. The summed E-state index contributed by atoms with van der Waals surface area (Å²) in [5.41, 5.74) is -0.0371. The molecule has 0 saturated carbocycles. The molecular formula is C12H26N2O. The molecule has 1 aliphatic rings. The SMILES string of the molecule is CN(C)CCCN1CCCC(O)C1(C)C. The van der Waals surface area contributed by atoms with E-state index >= 15 is 0 Å². The molecule has 1 rings (SSSR count). The first-order valence-electron chi connectivity index (χ1n) is 6.02. The molecule has 1 aliphatic heterocycles. The molecule has 1 saturated heterocycles. The van der Waals surface area contributed by atoms with Crippen LogP contribution in [0.4, 0.5) is 0 Å². The van der Waals surface area contributed by atoms with Crippen molar-refractivity contribution < 1.29 is 5.11 Å². The summed E-state index contributed by atoms with van der Waals surface area (Å²) in [6, 6.07) is 0. The number of piperidine rings is 1. The van der Waals surface area contributed by atoms with Crippen molar-refractivity contribution >= 4 is 0 Å². The van der Waals surface area contributed by atoms with E-state index in [1.54, 1.807) is 0 Å². The van der Waals surface area contributed by atoms with Gasteiger partial charge < -0.3 is 10.0 Å². The third kappa shape index (κ3) is 3.44. The Morgan fingerprint density at radius 3 is 2.67 bits per heavy atom. The zero-order valence-electron chi connectivity index (χ0n) is 10.7. The van der Waals surface area contributed by atoms with Gasteiger partial charge in [-0.1, -0.05) is 0 Å². The van der Waals surface area contributed by atoms with Gasteiger partial charge in [-0.25, -0.2) is 0 Å². The van der Waals surface area contributed by atoms with Crippen LogP contribution in [0.2, 0.25) is 0 Å². The molecule has 1 unspecified atom stereocenters. The van der Waals surface area contributed by atoms with E-state index in [0.717, 1.165) is 32.5 Å². The maximum absolute atomic E-state index is 9.96. The quantitative estimate of drug-likeness (QED) is 0.761. The van der Waals surface area contributed by atoms with E-state index in [4.69, 9.17) is 0 Å². The van der Waals surface area contributed by atoms with Gasteiger partial charge in [0.05, 0.1) is 6.10 Å². The Bertz CT molecular complexity index is 192. The van der Waals surface area contributed by atoms with Gasteiger partial charge in [0.2, 0.25) is 0 Å². The highest BCUT2D eigenvalue weighted by molar-refractivity contribution is 4.92. The molecule has 0 bridgehead atoms. The third-order valence-electron chi connectivity index (χ3n) is 3.57. The molecule has 1 heterocycles. The zero-order chi connectivity index (χ0) is 11.5. The highest BCUT2D eigenvalue weighted by atomic mass is 16.3. The van der Waals surface area contributed by atoms with Gasteiger partial charge in [0.25, 0.3) is 0 Å². The Morgan fingerprint density at radius 1 is 1.40 bits per heavy atom. The topological polar surface area (TPSA) is 26.7 Å². The van der Waals surface area contributed by atoms with Crippen molar-refractivity contribution in [3.05, 3.63) is 0 Å². The molecule has 0 radical (unpaired) electrons. The van der Waals surface area contributed by atoms with Crippen molar-refractivity contribution in [1.82, 2.24) is 9.80 Å². The Hall–Kier alpha value is -0.120. The van der Waals surface area contributed by atoms with E-state index in [9.17, 15) is 5.11 Å². The smallest absolute Gasteiger partial charge is 0.0718 e. The second kappa shape index (κ2) is 5.28. The molecule has 0 aromatic heterocycles. The lowest BCUT2D eigenvalue weighted by atomic mass is 9.87. The van der Waals surface area contributed by atoms with Crippen LogP contribution in [0.25, 0.3) is 0 Å². The molecule has 0 aromatic carbocycles. The molecule has 0 aromatic rings. The van der Waals surface area contributed by atoms with Gasteiger partial charge in [0.15, 0.2) is 0 Å². The Kier molecular flexibility index (Phi) is 4.56. The Balaban J connectivity index is 2.39. The van der Waals surface area contributed by atoms with Crippen LogP contribution in [-0.4, -0.2) is 60.3 Å². The minimum Gasteiger partial charge on any atom is -0.391 e. The van der Waals surface area contributed by atoms with Crippen LogP contribution in [0.1, 0.15) is 33.1 Å². The number of nitrogens with zero attached hydrogens (tertiary/aromatic N) is 2. The minimum absolute atomic E-state index is 0.0371. The predicted molar refractivity (Wildman–Crippen MR) is 64.1 cm³/mol. The van der Waals surface area contributed by atoms with Crippen LogP contribution in [0.5, 0.6) is 0 Å². The molecule has 1 N–H and O–H groups in total. The van der Waals surface area contributed by atoms with Crippen molar-refractivity contribution in [3.8, 4) is 0 Å². The first-order chi connectivity index (χ1) is 6.94. The number of likely N-dealkylation sites (tertiary alicyclic amines) is 1. The molecule has 90 valence electrons. The first-order valence-corrected chi connectivity index (χ1v) is 6.02. The highest BCUT2D eigenvalue weighted by Crippen LogP contribution is 2.27. The third-order valence-corrected chi connectivity index (χ3v) is 3.57. The van der Waals surface area contributed by atoms with E-state index in [2.05, 4.69) is 37.7 Å². The van der Waals surface area contributed by atoms with Gasteiger partial charge in [-0.2, -0.15) is 0 Å². The Morgan fingerprint density at radius 2 is 2.07 bits per heavy atom. The van der Waals surface area contributed by atoms with Crippen LogP contribution >= 0.6 is 0 Å². The molecule has 15 heavy (non-hydrogen) atoms. The van der Waals surface area contributed by atoms with Crippen LogP contribution in [0, 0.1) is 0 Å². The van der Waals surface area contributed by atoms with Crippen molar-refractivity contribution in [2.45, 2.75) is 44.8 Å². The van der Waals surface area contributed by atoms with E-state index in [0.29, 0.717) is 0 Å². The van der Waals surface area contributed by atoms with Gasteiger partial charge in [-0.3, -0.25) is 4.90 Å². The zero-order valence-corrected chi connectivity index (χ0v) is 10.7. The van der Waals surface area contributed by atoms with E-state index in [1.807, 2.05) is 0 Å². The summed E-state index contributed by atoms with van der Waals surface area (Å²) in [6.07, 6.45) is 3.11. The molecule has 1 atom stereocenters. The standard InChI is InChI=1S/C12H26N2O/c1-12(2)11(15)7-5-9-14(12)10-6-8-13(3)4/h11,15H,5-10H2,1-4H3. The predicted octanol–water partition coefficient (Wildman–Crippen LogP) is 1.17. The molecule has 3 nitrogen and oxygen atoms in total. The summed E-state index contributed by atoms with van der Waals surface area (Å²) in [5.74, 6) is 0. The summed E-state index contributed by atoms with van der Waals surface area (Å²) in [6.45, 7) is 7.68. The van der Waals surface area contributed by atoms with Gasteiger partial charge in [0, 0.05) is 5.54 Å². The molecule has 0 amide bonds. The molecule has 0 aliphatic carbocycles. The average Bonchev–Trinajstić information content (AvgIpc) is 2.12. The van der Waals surface area contributed by atoms with Gasteiger partial charge in [-0.15, -0.1) is 0 Å². The summed E-state index contributed by atoms with van der Waals surface area (Å²) >= 11 is 0. The second-order valence-electron chi connectivity index (χ2n) is 5.46. The molecular weight excluding hydrogens is 188 g/mol. The van der Waals surface area contributed by atoms with Gasteiger partial charge in [-0.05, 0) is 66.8 Å². The number of hydrogen-bond acceptors (Lipinski definition) is 3. The van der Waals surface area contributed by atoms with Crippen molar-refractivity contribution in [2.75, 3.05) is 33.7 Å². The van der Waals surface area contributed by atoms with Gasteiger partial charge in [0.1, 0.15) is 0 Å². The minimum atomic E-state index is -0.161. The average molecular weight is 214 g/mol. The van der Waals surface area contributed by atoms with E-state index in [1.165, 1.54) is 6.42 Å². The van der Waals surface area contributed by atoms with Crippen molar-refractivity contribution in [1.29, 1.82) is 0 Å². The fraction of sp³-hybridized carbons (Fsp3) is 1.00. The lowest BCUT2D eigenvalue weighted by Gasteiger charge is -2.46. The monoisotopic (exact) mass is 214 g/mol. The van der Waals surface area contributed by atoms with Crippen LogP contribution in [-0.2, 0) is 0 Å². The number of aliphatic hydroxyl groups excluding tert-OH is 1. The normalized spacial score (nSPS) is 27.2. The van der Waals surface area contributed by atoms with Crippen LogP contribution in [0.15, 0.2) is 0 Å². The molecule has 1 fully saturated rings. The fourth-order valence-electron chi connectivity index (χ4n) is 2.31. The number of rotatable bonds is 4. The van der Waals surface area contributed by atoms with E-state index < -0.39 is 0 Å². The van der Waals surface area contributed by atoms with Crippen LogP contribution in [0.3, 0.4) is 0 Å². The highest BCUT2D eigenvalue weighted by Gasteiger charge is 2.36. The molecule has 3 heteroatoms. The fourth-order valence-corrected chi connectivity index (χ4v) is 2.31. The molecule has 0 spiro atoms. The van der Waals surface area contributed by atoms with Crippen molar-refractivity contribution in [2.24, 2.45) is 0 Å². The summed E-state index contributed by atoms with van der Waals surface area (Å²) in [5, 5.41) is 9.96. The maximum Gasteiger partial charge on any atom is 0.0718 e. The van der Waals surface area contributed by atoms with Crippen LogP contribution < -0.4 is 0 Å². The number of hydrogen-bond donors (Lipinski definition) is 1. The summed E-state index contributed by atoms with van der Waals surface area (Å²) < 4.78 is 0. The second-order valence-corrected chi connectivity index (χ2v) is 5.46. The largest absolute Gasteiger partial charge is 0.391 e. The first kappa shape index (κ1) is 12.9.